The van der Waals surface area contributed by atoms with E-state index in [1.807, 2.05) is 42.5 Å². The minimum atomic E-state index is -0.334. The van der Waals surface area contributed by atoms with Gasteiger partial charge in [-0.25, -0.2) is 4.79 Å². The summed E-state index contributed by atoms with van der Waals surface area (Å²) < 4.78 is 15.8. The smallest absolute Gasteiger partial charge is 0.338 e. The van der Waals surface area contributed by atoms with E-state index in [4.69, 9.17) is 13.9 Å². The second kappa shape index (κ2) is 6.45. The molecule has 0 N–H and O–H groups in total. The van der Waals surface area contributed by atoms with Gasteiger partial charge in [-0.3, -0.25) is 0 Å². The molecule has 2 aromatic carbocycles. The first-order valence-electron chi connectivity index (χ1n) is 6.98. The van der Waals surface area contributed by atoms with Crippen LogP contribution in [0.5, 0.6) is 0 Å². The summed E-state index contributed by atoms with van der Waals surface area (Å²) >= 11 is 0. The summed E-state index contributed by atoms with van der Waals surface area (Å²) in [5.41, 5.74) is 1.59. The van der Waals surface area contributed by atoms with Crippen molar-refractivity contribution in [2.45, 2.75) is 13.2 Å². The number of hydrogen-bond acceptors (Lipinski definition) is 4. The molecule has 0 saturated heterocycles. The Hall–Kier alpha value is -2.59. The van der Waals surface area contributed by atoms with E-state index in [2.05, 4.69) is 0 Å². The summed E-state index contributed by atoms with van der Waals surface area (Å²) in [6.07, 6.45) is 1.62. The zero-order valence-corrected chi connectivity index (χ0v) is 12.2. The lowest BCUT2D eigenvalue weighted by atomic mass is 10.00. The van der Waals surface area contributed by atoms with Gasteiger partial charge in [0.15, 0.2) is 0 Å². The Morgan fingerprint density at radius 2 is 1.82 bits per heavy atom. The van der Waals surface area contributed by atoms with Crippen molar-refractivity contribution in [3.8, 4) is 0 Å². The molecule has 0 spiro atoms. The predicted molar refractivity (Wildman–Crippen MR) is 82.5 cm³/mol. The molecule has 0 amide bonds. The fraction of sp³-hybridized carbons (Fsp3) is 0.167. The Morgan fingerprint density at radius 1 is 1.00 bits per heavy atom. The molecule has 0 aliphatic heterocycles. The van der Waals surface area contributed by atoms with Gasteiger partial charge in [-0.2, -0.15) is 0 Å². The maximum atomic E-state index is 11.8. The van der Waals surface area contributed by atoms with Crippen molar-refractivity contribution in [1.29, 1.82) is 0 Å². The monoisotopic (exact) mass is 296 g/mol. The van der Waals surface area contributed by atoms with Crippen LogP contribution in [0.3, 0.4) is 0 Å². The molecule has 4 heteroatoms. The number of rotatable bonds is 5. The molecule has 4 nitrogen and oxygen atoms in total. The van der Waals surface area contributed by atoms with Crippen LogP contribution in [0.15, 0.2) is 59.2 Å². The van der Waals surface area contributed by atoms with E-state index in [-0.39, 0.29) is 5.97 Å². The molecule has 0 radical (unpaired) electrons. The van der Waals surface area contributed by atoms with E-state index < -0.39 is 0 Å². The molecule has 1 aromatic heterocycles. The van der Waals surface area contributed by atoms with E-state index in [1.165, 1.54) is 7.11 Å². The first-order valence-corrected chi connectivity index (χ1v) is 6.98. The Morgan fingerprint density at radius 3 is 2.55 bits per heavy atom. The normalized spacial score (nSPS) is 10.8. The van der Waals surface area contributed by atoms with Crippen LogP contribution in [0.25, 0.3) is 10.8 Å². The lowest BCUT2D eigenvalue weighted by molar-refractivity contribution is 0.0603. The third-order valence-corrected chi connectivity index (χ3v) is 3.50. The molecule has 3 rings (SSSR count). The number of ether oxygens (including phenoxy) is 2. The zero-order chi connectivity index (χ0) is 15.4. The highest BCUT2D eigenvalue weighted by Gasteiger charge is 2.12. The second-order valence-corrected chi connectivity index (χ2v) is 4.88. The molecule has 0 bridgehead atoms. The van der Waals surface area contributed by atoms with E-state index in [0.717, 1.165) is 22.1 Å². The van der Waals surface area contributed by atoms with Gasteiger partial charge in [0, 0.05) is 0 Å². The summed E-state index contributed by atoms with van der Waals surface area (Å²) in [6.45, 7) is 0.864. The maximum absolute atomic E-state index is 11.8. The van der Waals surface area contributed by atoms with Gasteiger partial charge < -0.3 is 13.9 Å². The van der Waals surface area contributed by atoms with Gasteiger partial charge in [-0.15, -0.1) is 0 Å². The third kappa shape index (κ3) is 2.87. The average molecular weight is 296 g/mol. The van der Waals surface area contributed by atoms with Crippen LogP contribution >= 0.6 is 0 Å². The number of hydrogen-bond donors (Lipinski definition) is 0. The summed E-state index contributed by atoms with van der Waals surface area (Å²) in [5.74, 6) is 0.453. The Bertz CT molecular complexity index is 775. The van der Waals surface area contributed by atoms with Gasteiger partial charge in [-0.05, 0) is 34.5 Å². The molecule has 0 unspecified atom stereocenters. The van der Waals surface area contributed by atoms with E-state index in [0.29, 0.717) is 18.8 Å². The number of furan rings is 1. The van der Waals surface area contributed by atoms with Crippen LogP contribution in [-0.4, -0.2) is 13.1 Å². The Balaban J connectivity index is 1.85. The first kappa shape index (κ1) is 14.4. The van der Waals surface area contributed by atoms with Crippen LogP contribution in [0.2, 0.25) is 0 Å². The number of methoxy groups -OCH3 is 1. The fourth-order valence-electron chi connectivity index (χ4n) is 2.43. The van der Waals surface area contributed by atoms with Gasteiger partial charge in [0.05, 0.1) is 25.5 Å². The largest absolute Gasteiger partial charge is 0.467 e. The van der Waals surface area contributed by atoms with E-state index >= 15 is 0 Å². The molecule has 0 atom stereocenters. The molecule has 112 valence electrons. The number of fused-ring (bicyclic) bond motifs is 1. The third-order valence-electron chi connectivity index (χ3n) is 3.50. The van der Waals surface area contributed by atoms with Crippen LogP contribution in [0.1, 0.15) is 21.7 Å². The molecule has 0 aliphatic rings. The fourth-order valence-corrected chi connectivity index (χ4v) is 2.43. The van der Waals surface area contributed by atoms with Crippen molar-refractivity contribution >= 4 is 16.7 Å². The predicted octanol–water partition coefficient (Wildman–Crippen LogP) is 3.94. The van der Waals surface area contributed by atoms with Crippen molar-refractivity contribution in [3.05, 3.63) is 71.7 Å². The molecule has 22 heavy (non-hydrogen) atoms. The highest BCUT2D eigenvalue weighted by Crippen LogP contribution is 2.24. The molecular weight excluding hydrogens is 280 g/mol. The maximum Gasteiger partial charge on any atom is 0.338 e. The van der Waals surface area contributed by atoms with Crippen LogP contribution < -0.4 is 0 Å². The summed E-state index contributed by atoms with van der Waals surface area (Å²) in [6, 6.07) is 15.1. The minimum Gasteiger partial charge on any atom is -0.467 e. The summed E-state index contributed by atoms with van der Waals surface area (Å²) in [4.78, 5) is 11.8. The van der Waals surface area contributed by atoms with E-state index in [9.17, 15) is 4.79 Å². The number of benzene rings is 2. The second-order valence-electron chi connectivity index (χ2n) is 4.88. The number of carbonyl (C=O) groups is 1. The van der Waals surface area contributed by atoms with Crippen LogP contribution in [0, 0.1) is 0 Å². The van der Waals surface area contributed by atoms with Gasteiger partial charge in [0.25, 0.3) is 0 Å². The van der Waals surface area contributed by atoms with Gasteiger partial charge in [0.2, 0.25) is 0 Å². The molecular formula is C18H16O4. The van der Waals surface area contributed by atoms with Crippen LogP contribution in [-0.2, 0) is 22.7 Å². The van der Waals surface area contributed by atoms with Gasteiger partial charge in [0.1, 0.15) is 12.4 Å². The summed E-state index contributed by atoms with van der Waals surface area (Å²) in [5, 5.41) is 1.86. The topological polar surface area (TPSA) is 48.7 Å². The zero-order valence-electron chi connectivity index (χ0n) is 12.2. The molecule has 0 aliphatic carbocycles. The highest BCUT2D eigenvalue weighted by atomic mass is 16.5. The van der Waals surface area contributed by atoms with E-state index in [1.54, 1.807) is 12.3 Å². The van der Waals surface area contributed by atoms with Crippen molar-refractivity contribution in [1.82, 2.24) is 0 Å². The number of esters is 1. The van der Waals surface area contributed by atoms with Gasteiger partial charge in [-0.1, -0.05) is 30.3 Å². The van der Waals surface area contributed by atoms with Crippen molar-refractivity contribution < 1.29 is 18.7 Å². The lowest BCUT2D eigenvalue weighted by Gasteiger charge is -2.10. The van der Waals surface area contributed by atoms with Crippen LogP contribution in [0.4, 0.5) is 0 Å². The summed E-state index contributed by atoms with van der Waals surface area (Å²) in [7, 11) is 1.39. The first-order chi connectivity index (χ1) is 10.8. The van der Waals surface area contributed by atoms with Gasteiger partial charge >= 0.3 is 5.97 Å². The molecule has 0 saturated carbocycles. The molecule has 1 heterocycles. The SMILES string of the molecule is COC(=O)c1ccc(COCc2ccco2)c2ccccc12. The Kier molecular flexibility index (Phi) is 4.21. The lowest BCUT2D eigenvalue weighted by Crippen LogP contribution is -2.03. The number of carbonyl (C=O) groups excluding carboxylic acids is 1. The molecule has 0 fully saturated rings. The average Bonchev–Trinajstić information content (AvgIpc) is 3.07. The highest BCUT2D eigenvalue weighted by molar-refractivity contribution is 6.05. The van der Waals surface area contributed by atoms with Crippen molar-refractivity contribution in [3.63, 3.8) is 0 Å². The van der Waals surface area contributed by atoms with Crippen molar-refractivity contribution in [2.24, 2.45) is 0 Å². The molecule has 3 aromatic rings. The standard InChI is InChI=1S/C18H16O4/c1-20-18(19)17-9-8-13(15-6-2-3-7-16(15)17)11-21-12-14-5-4-10-22-14/h2-10H,11-12H2,1H3. The van der Waals surface area contributed by atoms with Crippen molar-refractivity contribution in [2.75, 3.05) is 7.11 Å². The quantitative estimate of drug-likeness (QED) is 0.669. The minimum absolute atomic E-state index is 0.334. The Labute approximate surface area is 128 Å².